The SMILES string of the molecule is CC(=NNC(=O)CSc1nnc(-c2ccc(Cl)cc2)n1-c1ccc(C)cc1)c1ccc(Br)cc1. The molecule has 0 radical (unpaired) electrons. The average Bonchev–Trinajstić information content (AvgIpc) is 3.26. The summed E-state index contributed by atoms with van der Waals surface area (Å²) in [4.78, 5) is 12.5. The smallest absolute Gasteiger partial charge is 0.250 e. The number of hydrazone groups is 1. The molecule has 0 aliphatic heterocycles. The maximum absolute atomic E-state index is 12.5. The highest BCUT2D eigenvalue weighted by atomic mass is 79.9. The molecular weight excluding hydrogens is 534 g/mol. The molecule has 0 aliphatic rings. The highest BCUT2D eigenvalue weighted by Gasteiger charge is 2.17. The normalized spacial score (nSPS) is 11.5. The van der Waals surface area contributed by atoms with E-state index in [0.29, 0.717) is 16.0 Å². The molecule has 9 heteroatoms. The third-order valence-corrected chi connectivity index (χ3v) is 6.68. The molecule has 34 heavy (non-hydrogen) atoms. The van der Waals surface area contributed by atoms with Crippen molar-refractivity contribution in [2.75, 3.05) is 5.75 Å². The summed E-state index contributed by atoms with van der Waals surface area (Å²) in [6.45, 7) is 3.88. The van der Waals surface area contributed by atoms with Crippen LogP contribution in [-0.2, 0) is 4.79 Å². The van der Waals surface area contributed by atoms with Crippen LogP contribution in [-0.4, -0.2) is 32.1 Å². The van der Waals surface area contributed by atoms with Crippen LogP contribution in [0.3, 0.4) is 0 Å². The van der Waals surface area contributed by atoms with Crippen molar-refractivity contribution in [1.29, 1.82) is 0 Å². The summed E-state index contributed by atoms with van der Waals surface area (Å²) in [6.07, 6.45) is 0. The molecule has 4 rings (SSSR count). The van der Waals surface area contributed by atoms with Gasteiger partial charge in [0.25, 0.3) is 5.91 Å². The van der Waals surface area contributed by atoms with E-state index < -0.39 is 0 Å². The molecule has 0 saturated heterocycles. The van der Waals surface area contributed by atoms with Gasteiger partial charge in [-0.05, 0) is 67.9 Å². The van der Waals surface area contributed by atoms with Crippen molar-refractivity contribution in [3.05, 3.63) is 93.4 Å². The molecule has 0 aliphatic carbocycles. The van der Waals surface area contributed by atoms with Gasteiger partial charge in [0.1, 0.15) is 0 Å². The van der Waals surface area contributed by atoms with Gasteiger partial charge in [0.2, 0.25) is 0 Å². The van der Waals surface area contributed by atoms with E-state index in [1.807, 2.05) is 91.2 Å². The van der Waals surface area contributed by atoms with Crippen molar-refractivity contribution >= 4 is 50.9 Å². The molecule has 0 atom stereocenters. The van der Waals surface area contributed by atoms with Crippen LogP contribution < -0.4 is 5.43 Å². The number of aryl methyl sites for hydroxylation is 1. The molecule has 4 aromatic rings. The molecule has 1 heterocycles. The van der Waals surface area contributed by atoms with Crippen LogP contribution in [0, 0.1) is 6.92 Å². The number of nitrogens with one attached hydrogen (secondary N) is 1. The number of halogens is 2. The molecule has 0 spiro atoms. The van der Waals surface area contributed by atoms with E-state index in [1.165, 1.54) is 11.8 Å². The Morgan fingerprint density at radius 2 is 1.71 bits per heavy atom. The first kappa shape index (κ1) is 24.2. The van der Waals surface area contributed by atoms with Crippen LogP contribution in [0.4, 0.5) is 0 Å². The molecule has 0 unspecified atom stereocenters. The molecule has 3 aromatic carbocycles. The van der Waals surface area contributed by atoms with Crippen molar-refractivity contribution in [2.45, 2.75) is 19.0 Å². The van der Waals surface area contributed by atoms with Gasteiger partial charge in [0, 0.05) is 20.7 Å². The summed E-state index contributed by atoms with van der Waals surface area (Å²) in [7, 11) is 0. The van der Waals surface area contributed by atoms with E-state index in [-0.39, 0.29) is 11.7 Å². The number of thioether (sulfide) groups is 1. The summed E-state index contributed by atoms with van der Waals surface area (Å²) in [5, 5.41) is 14.2. The average molecular weight is 555 g/mol. The van der Waals surface area contributed by atoms with Gasteiger partial charge >= 0.3 is 0 Å². The minimum absolute atomic E-state index is 0.141. The maximum atomic E-state index is 12.5. The first-order valence-corrected chi connectivity index (χ1v) is 12.6. The number of aromatic nitrogens is 3. The Hall–Kier alpha value is -2.94. The van der Waals surface area contributed by atoms with Gasteiger partial charge in [-0.15, -0.1) is 10.2 Å². The van der Waals surface area contributed by atoms with Crippen molar-refractivity contribution in [1.82, 2.24) is 20.2 Å². The van der Waals surface area contributed by atoms with Gasteiger partial charge in [0.15, 0.2) is 11.0 Å². The van der Waals surface area contributed by atoms with Gasteiger partial charge in [-0.25, -0.2) is 5.43 Å². The van der Waals surface area contributed by atoms with E-state index in [9.17, 15) is 4.79 Å². The lowest BCUT2D eigenvalue weighted by atomic mass is 10.1. The van der Waals surface area contributed by atoms with Crippen molar-refractivity contribution in [3.63, 3.8) is 0 Å². The Kier molecular flexibility index (Phi) is 7.82. The maximum Gasteiger partial charge on any atom is 0.250 e. The molecule has 1 N–H and O–H groups in total. The topological polar surface area (TPSA) is 72.2 Å². The van der Waals surface area contributed by atoms with E-state index in [4.69, 9.17) is 11.6 Å². The van der Waals surface area contributed by atoms with Gasteiger partial charge in [-0.3, -0.25) is 9.36 Å². The lowest BCUT2D eigenvalue weighted by molar-refractivity contribution is -0.118. The lowest BCUT2D eigenvalue weighted by Gasteiger charge is -2.11. The van der Waals surface area contributed by atoms with Gasteiger partial charge in [-0.2, -0.15) is 5.10 Å². The predicted molar refractivity (Wildman–Crippen MR) is 142 cm³/mol. The number of carbonyl (C=O) groups is 1. The van der Waals surface area contributed by atoms with Crippen LogP contribution >= 0.6 is 39.3 Å². The second-order valence-corrected chi connectivity index (χ2v) is 9.81. The first-order chi connectivity index (χ1) is 16.4. The standard InChI is InChI=1S/C25H21BrClN5OS/c1-16-3-13-22(14-4-16)32-24(19-7-11-21(27)12-8-19)30-31-25(32)34-15-23(33)29-28-17(2)18-5-9-20(26)10-6-18/h3-14H,15H2,1-2H3,(H,29,33). The number of hydrogen-bond donors (Lipinski definition) is 1. The second kappa shape index (κ2) is 11.0. The molecule has 1 amide bonds. The first-order valence-electron chi connectivity index (χ1n) is 10.4. The largest absolute Gasteiger partial charge is 0.272 e. The van der Waals surface area contributed by atoms with Gasteiger partial charge in [-0.1, -0.05) is 69.1 Å². The second-order valence-electron chi connectivity index (χ2n) is 7.51. The molecular formula is C25H21BrClN5OS. The number of amides is 1. The molecule has 0 bridgehead atoms. The fourth-order valence-corrected chi connectivity index (χ4v) is 4.27. The zero-order chi connectivity index (χ0) is 24.1. The number of hydrogen-bond acceptors (Lipinski definition) is 5. The molecule has 0 saturated carbocycles. The highest BCUT2D eigenvalue weighted by molar-refractivity contribution is 9.10. The minimum atomic E-state index is -0.229. The third-order valence-electron chi connectivity index (χ3n) is 4.97. The quantitative estimate of drug-likeness (QED) is 0.166. The molecule has 172 valence electrons. The van der Waals surface area contributed by atoms with Crippen molar-refractivity contribution in [3.8, 4) is 17.1 Å². The van der Waals surface area contributed by atoms with Crippen molar-refractivity contribution in [2.24, 2.45) is 5.10 Å². The lowest BCUT2D eigenvalue weighted by Crippen LogP contribution is -2.21. The van der Waals surface area contributed by atoms with Gasteiger partial charge in [0.05, 0.1) is 11.5 Å². The summed E-state index contributed by atoms with van der Waals surface area (Å²) in [5.41, 5.74) is 7.21. The summed E-state index contributed by atoms with van der Waals surface area (Å²) in [6, 6.07) is 23.2. The van der Waals surface area contributed by atoms with Crippen LogP contribution in [0.1, 0.15) is 18.1 Å². The van der Waals surface area contributed by atoms with E-state index in [1.54, 1.807) is 0 Å². The summed E-state index contributed by atoms with van der Waals surface area (Å²) >= 11 is 10.8. The summed E-state index contributed by atoms with van der Waals surface area (Å²) < 4.78 is 2.93. The van der Waals surface area contributed by atoms with Crippen LogP contribution in [0.2, 0.25) is 5.02 Å². The Bertz CT molecular complexity index is 1320. The Morgan fingerprint density at radius 1 is 1.03 bits per heavy atom. The third kappa shape index (κ3) is 5.94. The predicted octanol–water partition coefficient (Wildman–Crippen LogP) is 6.29. The molecule has 0 fully saturated rings. The molecule has 1 aromatic heterocycles. The van der Waals surface area contributed by atoms with E-state index >= 15 is 0 Å². The van der Waals surface area contributed by atoms with Crippen molar-refractivity contribution < 1.29 is 4.79 Å². The van der Waals surface area contributed by atoms with E-state index in [0.717, 1.165) is 32.6 Å². The van der Waals surface area contributed by atoms with Crippen LogP contribution in [0.15, 0.2) is 87.5 Å². The number of benzene rings is 3. The van der Waals surface area contributed by atoms with Crippen LogP contribution in [0.5, 0.6) is 0 Å². The Morgan fingerprint density at radius 3 is 2.38 bits per heavy atom. The zero-order valence-corrected chi connectivity index (χ0v) is 21.7. The fourth-order valence-electron chi connectivity index (χ4n) is 3.14. The fraction of sp³-hybridized carbons (Fsp3) is 0.120. The monoisotopic (exact) mass is 553 g/mol. The Balaban J connectivity index is 1.52. The number of carbonyl (C=O) groups excluding carboxylic acids is 1. The van der Waals surface area contributed by atoms with E-state index in [2.05, 4.69) is 36.7 Å². The van der Waals surface area contributed by atoms with Gasteiger partial charge < -0.3 is 0 Å². The Labute approximate surface area is 215 Å². The number of rotatable bonds is 7. The van der Waals surface area contributed by atoms with Crippen LogP contribution in [0.25, 0.3) is 17.1 Å². The highest BCUT2D eigenvalue weighted by Crippen LogP contribution is 2.28. The molecule has 6 nitrogen and oxygen atoms in total. The summed E-state index contributed by atoms with van der Waals surface area (Å²) in [5.74, 6) is 0.586. The minimum Gasteiger partial charge on any atom is -0.272 e. The number of nitrogens with zero attached hydrogens (tertiary/aromatic N) is 4. The zero-order valence-electron chi connectivity index (χ0n) is 18.5.